The summed E-state index contributed by atoms with van der Waals surface area (Å²) in [5.41, 5.74) is 1.09. The van der Waals surface area contributed by atoms with Crippen LogP contribution in [0.1, 0.15) is 24.8 Å². The van der Waals surface area contributed by atoms with Gasteiger partial charge in [-0.2, -0.15) is 5.26 Å². The number of nitriles is 1. The van der Waals surface area contributed by atoms with Gasteiger partial charge in [0.05, 0.1) is 12.1 Å². The minimum Gasteiger partial charge on any atom is -0.327 e. The first-order valence-corrected chi connectivity index (χ1v) is 9.69. The topological polar surface area (TPSA) is 50.6 Å². The van der Waals surface area contributed by atoms with Gasteiger partial charge in [-0.25, -0.2) is 4.79 Å². The van der Waals surface area contributed by atoms with Crippen LogP contribution in [0, 0.1) is 11.5 Å². The number of urea groups is 1. The largest absolute Gasteiger partial charge is 0.327 e. The molecule has 2 aliphatic heterocycles. The van der Waals surface area contributed by atoms with Gasteiger partial charge in [0.2, 0.25) is 0 Å². The third kappa shape index (κ3) is 3.58. The van der Waals surface area contributed by atoms with Crippen LogP contribution in [-0.2, 0) is 6.42 Å². The Labute approximate surface area is 162 Å². The highest BCUT2D eigenvalue weighted by molar-refractivity contribution is 9.10. The summed E-state index contributed by atoms with van der Waals surface area (Å²) in [7, 11) is 3.68. The van der Waals surface area contributed by atoms with Crippen LogP contribution in [0.5, 0.6) is 0 Å². The van der Waals surface area contributed by atoms with E-state index in [1.807, 2.05) is 42.1 Å². The maximum absolute atomic E-state index is 12.8. The SMILES string of the molecule is CN(CCc1cc(Cl)ccc1Br)C(=O)N(C)[C@@H]1C[C@@H]2CC[C@H]1N2C#N. The van der Waals surface area contributed by atoms with E-state index in [2.05, 4.69) is 22.1 Å². The number of rotatable bonds is 4. The standard InChI is InChI=1S/C18H22BrClN4O/c1-22(8-7-12-9-13(20)3-5-15(12)19)18(25)23(2)17-10-14-4-6-16(17)24(14)11-21/h3,5,9,14,16-17H,4,6-8,10H2,1-2H3/t14-,16+,17+/m0/s1. The summed E-state index contributed by atoms with van der Waals surface area (Å²) < 4.78 is 1.00. The van der Waals surface area contributed by atoms with E-state index in [9.17, 15) is 10.1 Å². The van der Waals surface area contributed by atoms with Crippen LogP contribution in [0.4, 0.5) is 4.79 Å². The molecule has 0 unspecified atom stereocenters. The zero-order chi connectivity index (χ0) is 18.1. The highest BCUT2D eigenvalue weighted by atomic mass is 79.9. The Morgan fingerprint density at radius 1 is 1.44 bits per heavy atom. The van der Waals surface area contributed by atoms with E-state index in [4.69, 9.17) is 11.6 Å². The minimum atomic E-state index is 0.00795. The number of likely N-dealkylation sites (N-methyl/N-ethyl adjacent to an activating group) is 2. The summed E-state index contributed by atoms with van der Waals surface area (Å²) in [6, 6.07) is 6.32. The van der Waals surface area contributed by atoms with E-state index in [0.717, 1.165) is 35.7 Å². The van der Waals surface area contributed by atoms with Crippen LogP contribution in [0.25, 0.3) is 0 Å². The molecule has 5 nitrogen and oxygen atoms in total. The summed E-state index contributed by atoms with van der Waals surface area (Å²) in [6.45, 7) is 0.616. The monoisotopic (exact) mass is 424 g/mol. The van der Waals surface area contributed by atoms with E-state index < -0.39 is 0 Å². The highest BCUT2D eigenvalue weighted by Crippen LogP contribution is 2.39. The number of carbonyl (C=O) groups excluding carboxylic acids is 1. The van der Waals surface area contributed by atoms with Crippen molar-refractivity contribution >= 4 is 33.6 Å². The number of hydrogen-bond acceptors (Lipinski definition) is 3. The molecule has 25 heavy (non-hydrogen) atoms. The Balaban J connectivity index is 1.59. The molecule has 2 saturated heterocycles. The molecule has 0 aliphatic carbocycles. The van der Waals surface area contributed by atoms with E-state index in [0.29, 0.717) is 17.6 Å². The Kier molecular flexibility index (Phi) is 5.45. The van der Waals surface area contributed by atoms with Gasteiger partial charge in [0, 0.05) is 36.2 Å². The Morgan fingerprint density at radius 2 is 2.20 bits per heavy atom. The molecular weight excluding hydrogens is 404 g/mol. The van der Waals surface area contributed by atoms with Crippen LogP contribution in [-0.4, -0.2) is 59.5 Å². The molecule has 0 N–H and O–H groups in total. The lowest BCUT2D eigenvalue weighted by atomic mass is 9.94. The highest BCUT2D eigenvalue weighted by Gasteiger charge is 2.48. The first-order chi connectivity index (χ1) is 11.9. The molecule has 2 bridgehead atoms. The fourth-order valence-corrected chi connectivity index (χ4v) is 4.70. The van der Waals surface area contributed by atoms with Crippen molar-refractivity contribution in [2.75, 3.05) is 20.6 Å². The van der Waals surface area contributed by atoms with Gasteiger partial charge in [0.15, 0.2) is 6.19 Å². The third-order valence-corrected chi connectivity index (χ3v) is 6.48. The molecule has 0 radical (unpaired) electrons. The molecule has 1 aromatic rings. The first-order valence-electron chi connectivity index (χ1n) is 8.52. The average Bonchev–Trinajstić information content (AvgIpc) is 3.17. The maximum atomic E-state index is 12.8. The van der Waals surface area contributed by atoms with E-state index >= 15 is 0 Å². The fraction of sp³-hybridized carbons (Fsp3) is 0.556. The van der Waals surface area contributed by atoms with Crippen molar-refractivity contribution in [3.63, 3.8) is 0 Å². The Morgan fingerprint density at radius 3 is 2.88 bits per heavy atom. The van der Waals surface area contributed by atoms with Crippen LogP contribution in [0.2, 0.25) is 5.02 Å². The second-order valence-electron chi connectivity index (χ2n) is 6.91. The molecule has 0 spiro atoms. The second-order valence-corrected chi connectivity index (χ2v) is 8.20. The summed E-state index contributed by atoms with van der Waals surface area (Å²) >= 11 is 9.58. The van der Waals surface area contributed by atoms with Gasteiger partial charge in [0.25, 0.3) is 0 Å². The van der Waals surface area contributed by atoms with Crippen molar-refractivity contribution in [2.24, 2.45) is 0 Å². The van der Waals surface area contributed by atoms with Crippen molar-refractivity contribution in [1.82, 2.24) is 14.7 Å². The van der Waals surface area contributed by atoms with Gasteiger partial charge in [0.1, 0.15) is 0 Å². The lowest BCUT2D eigenvalue weighted by Crippen LogP contribution is -2.49. The minimum absolute atomic E-state index is 0.00795. The molecule has 1 aromatic carbocycles. The molecule has 0 saturated carbocycles. The predicted octanol–water partition coefficient (Wildman–Crippen LogP) is 3.71. The second kappa shape index (κ2) is 7.43. The number of amides is 2. The Hall–Kier alpha value is -1.45. The number of fused-ring (bicyclic) bond motifs is 2. The van der Waals surface area contributed by atoms with E-state index in [1.54, 1.807) is 4.90 Å². The molecule has 2 fully saturated rings. The van der Waals surface area contributed by atoms with Crippen LogP contribution in [0.15, 0.2) is 22.7 Å². The molecule has 2 heterocycles. The average molecular weight is 426 g/mol. The lowest BCUT2D eigenvalue weighted by molar-refractivity contribution is 0.144. The number of benzene rings is 1. The molecule has 134 valence electrons. The summed E-state index contributed by atoms with van der Waals surface area (Å²) in [5, 5.41) is 10.00. The maximum Gasteiger partial charge on any atom is 0.319 e. The normalized spacial score (nSPS) is 24.3. The number of nitrogens with zero attached hydrogens (tertiary/aromatic N) is 4. The molecule has 3 rings (SSSR count). The van der Waals surface area contributed by atoms with Crippen LogP contribution >= 0.6 is 27.5 Å². The zero-order valence-electron chi connectivity index (χ0n) is 14.5. The van der Waals surface area contributed by atoms with Crippen LogP contribution in [0.3, 0.4) is 0 Å². The van der Waals surface area contributed by atoms with Gasteiger partial charge in [-0.1, -0.05) is 27.5 Å². The van der Waals surface area contributed by atoms with Gasteiger partial charge in [-0.05, 0) is 49.4 Å². The lowest BCUT2D eigenvalue weighted by Gasteiger charge is -2.33. The first kappa shape index (κ1) is 18.3. The van der Waals surface area contributed by atoms with Crippen molar-refractivity contribution < 1.29 is 4.79 Å². The van der Waals surface area contributed by atoms with Crippen molar-refractivity contribution in [2.45, 2.75) is 43.8 Å². The van der Waals surface area contributed by atoms with E-state index in [1.165, 1.54) is 0 Å². The molecule has 2 aliphatic rings. The van der Waals surface area contributed by atoms with Crippen molar-refractivity contribution in [3.05, 3.63) is 33.3 Å². The quantitative estimate of drug-likeness (QED) is 0.691. The molecule has 3 atom stereocenters. The summed E-state index contributed by atoms with van der Waals surface area (Å²) in [6.07, 6.45) is 6.00. The molecule has 2 amide bonds. The Bertz CT molecular complexity index is 707. The van der Waals surface area contributed by atoms with Gasteiger partial charge in [-0.15, -0.1) is 0 Å². The van der Waals surface area contributed by atoms with Gasteiger partial charge >= 0.3 is 6.03 Å². The van der Waals surface area contributed by atoms with Gasteiger partial charge < -0.3 is 14.7 Å². The van der Waals surface area contributed by atoms with Crippen LogP contribution < -0.4 is 0 Å². The van der Waals surface area contributed by atoms with Crippen molar-refractivity contribution in [1.29, 1.82) is 5.26 Å². The smallest absolute Gasteiger partial charge is 0.319 e. The number of carbonyl (C=O) groups is 1. The van der Waals surface area contributed by atoms with Gasteiger partial charge in [-0.3, -0.25) is 0 Å². The fourth-order valence-electron chi connectivity index (χ4n) is 4.06. The third-order valence-electron chi connectivity index (χ3n) is 5.47. The zero-order valence-corrected chi connectivity index (χ0v) is 16.8. The molecule has 0 aromatic heterocycles. The summed E-state index contributed by atoms with van der Waals surface area (Å²) in [4.78, 5) is 18.2. The number of hydrogen-bond donors (Lipinski definition) is 0. The summed E-state index contributed by atoms with van der Waals surface area (Å²) in [5.74, 6) is 0. The number of halogens is 2. The van der Waals surface area contributed by atoms with Crippen molar-refractivity contribution in [3.8, 4) is 6.19 Å². The predicted molar refractivity (Wildman–Crippen MR) is 101 cm³/mol. The van der Waals surface area contributed by atoms with E-state index in [-0.39, 0.29) is 18.1 Å². The molecule has 7 heteroatoms. The molecular formula is C18H22BrClN4O.